The lowest BCUT2D eigenvalue weighted by atomic mass is 10.0. The van der Waals surface area contributed by atoms with E-state index in [2.05, 4.69) is 0 Å². The molecule has 1 rings (SSSR count). The van der Waals surface area contributed by atoms with Gasteiger partial charge in [-0.25, -0.2) is 4.79 Å². The lowest BCUT2D eigenvalue weighted by Crippen LogP contribution is -2.11. The van der Waals surface area contributed by atoms with Crippen molar-refractivity contribution in [1.29, 1.82) is 0 Å². The quantitative estimate of drug-likeness (QED) is 0.778. The van der Waals surface area contributed by atoms with Crippen LogP contribution >= 0.6 is 0 Å². The first-order valence-electron chi connectivity index (χ1n) is 4.54. The summed E-state index contributed by atoms with van der Waals surface area (Å²) in [6, 6.07) is 9.89. The summed E-state index contributed by atoms with van der Waals surface area (Å²) in [6.07, 6.45) is 0. The second kappa shape index (κ2) is 5.40. The standard InChI is InChI=1S/C11H14O3/c1-9(7-14-8-11(12)13)10-5-3-2-4-6-10/h2-6,9H,7-8H2,1H3,(H,12,13). The summed E-state index contributed by atoms with van der Waals surface area (Å²) in [5.74, 6) is -0.694. The van der Waals surface area contributed by atoms with Gasteiger partial charge in [0.15, 0.2) is 0 Å². The highest BCUT2D eigenvalue weighted by Gasteiger charge is 2.05. The topological polar surface area (TPSA) is 46.5 Å². The third-order valence-corrected chi connectivity index (χ3v) is 1.96. The Balaban J connectivity index is 2.36. The molecule has 0 radical (unpaired) electrons. The zero-order valence-corrected chi connectivity index (χ0v) is 8.14. The minimum absolute atomic E-state index is 0.225. The van der Waals surface area contributed by atoms with Crippen LogP contribution in [0.5, 0.6) is 0 Å². The van der Waals surface area contributed by atoms with Gasteiger partial charge in [0.1, 0.15) is 6.61 Å². The summed E-state index contributed by atoms with van der Waals surface area (Å²) in [5.41, 5.74) is 1.16. The third-order valence-electron chi connectivity index (χ3n) is 1.96. The first kappa shape index (κ1) is 10.7. The Labute approximate surface area is 83.3 Å². The summed E-state index contributed by atoms with van der Waals surface area (Å²) < 4.78 is 5.01. The van der Waals surface area contributed by atoms with E-state index in [1.807, 2.05) is 37.3 Å². The van der Waals surface area contributed by atoms with E-state index in [-0.39, 0.29) is 12.5 Å². The lowest BCUT2D eigenvalue weighted by Gasteiger charge is -2.10. The van der Waals surface area contributed by atoms with Crippen LogP contribution in [0.1, 0.15) is 18.4 Å². The molecule has 0 bridgehead atoms. The SMILES string of the molecule is CC(COCC(=O)O)c1ccccc1. The minimum atomic E-state index is -0.926. The molecule has 1 aromatic carbocycles. The Morgan fingerprint density at radius 3 is 2.64 bits per heavy atom. The number of carboxylic acid groups (broad SMARTS) is 1. The molecule has 0 fully saturated rings. The summed E-state index contributed by atoms with van der Waals surface area (Å²) in [7, 11) is 0. The van der Waals surface area contributed by atoms with E-state index < -0.39 is 5.97 Å². The maximum atomic E-state index is 10.2. The Morgan fingerprint density at radius 2 is 2.07 bits per heavy atom. The van der Waals surface area contributed by atoms with Gasteiger partial charge in [0.05, 0.1) is 6.61 Å². The number of hydrogen-bond acceptors (Lipinski definition) is 2. The fraction of sp³-hybridized carbons (Fsp3) is 0.364. The van der Waals surface area contributed by atoms with Gasteiger partial charge in [-0.2, -0.15) is 0 Å². The highest BCUT2D eigenvalue weighted by atomic mass is 16.5. The number of hydrogen-bond donors (Lipinski definition) is 1. The summed E-state index contributed by atoms with van der Waals surface area (Å²) in [6.45, 7) is 2.23. The van der Waals surface area contributed by atoms with Gasteiger partial charge in [-0.3, -0.25) is 0 Å². The van der Waals surface area contributed by atoms with Crippen LogP contribution in [-0.2, 0) is 9.53 Å². The van der Waals surface area contributed by atoms with Crippen molar-refractivity contribution in [3.63, 3.8) is 0 Å². The van der Waals surface area contributed by atoms with Crippen LogP contribution in [0.3, 0.4) is 0 Å². The number of ether oxygens (including phenoxy) is 1. The Morgan fingerprint density at radius 1 is 1.43 bits per heavy atom. The molecule has 76 valence electrons. The molecule has 1 atom stereocenters. The average molecular weight is 194 g/mol. The first-order valence-corrected chi connectivity index (χ1v) is 4.54. The van der Waals surface area contributed by atoms with Crippen LogP contribution in [0.4, 0.5) is 0 Å². The Kier molecular flexibility index (Phi) is 4.13. The van der Waals surface area contributed by atoms with Gasteiger partial charge in [0.2, 0.25) is 0 Å². The molecule has 14 heavy (non-hydrogen) atoms. The van der Waals surface area contributed by atoms with Gasteiger partial charge in [-0.15, -0.1) is 0 Å². The predicted molar refractivity (Wildman–Crippen MR) is 53.3 cm³/mol. The highest BCUT2D eigenvalue weighted by Crippen LogP contribution is 2.14. The van der Waals surface area contributed by atoms with E-state index in [0.29, 0.717) is 6.61 Å². The maximum Gasteiger partial charge on any atom is 0.329 e. The van der Waals surface area contributed by atoms with Crippen molar-refractivity contribution in [1.82, 2.24) is 0 Å². The molecule has 0 amide bonds. The van der Waals surface area contributed by atoms with Gasteiger partial charge in [0, 0.05) is 5.92 Å². The number of benzene rings is 1. The minimum Gasteiger partial charge on any atom is -0.480 e. The molecule has 1 unspecified atom stereocenters. The second-order valence-electron chi connectivity index (χ2n) is 3.22. The van der Waals surface area contributed by atoms with Gasteiger partial charge >= 0.3 is 5.97 Å². The zero-order chi connectivity index (χ0) is 10.4. The van der Waals surface area contributed by atoms with Crippen LogP contribution in [0.2, 0.25) is 0 Å². The molecule has 1 N–H and O–H groups in total. The predicted octanol–water partition coefficient (Wildman–Crippen LogP) is 1.89. The third kappa shape index (κ3) is 3.58. The fourth-order valence-electron chi connectivity index (χ4n) is 1.20. The Hall–Kier alpha value is -1.35. The van der Waals surface area contributed by atoms with Crippen molar-refractivity contribution < 1.29 is 14.6 Å². The van der Waals surface area contributed by atoms with Crippen molar-refractivity contribution in [3.05, 3.63) is 35.9 Å². The van der Waals surface area contributed by atoms with Crippen LogP contribution < -0.4 is 0 Å². The molecule has 0 saturated carbocycles. The average Bonchev–Trinajstić information content (AvgIpc) is 2.18. The van der Waals surface area contributed by atoms with Gasteiger partial charge in [-0.05, 0) is 5.56 Å². The van der Waals surface area contributed by atoms with Crippen molar-refractivity contribution in [2.75, 3.05) is 13.2 Å². The van der Waals surface area contributed by atoms with Crippen molar-refractivity contribution in [2.24, 2.45) is 0 Å². The van der Waals surface area contributed by atoms with Crippen LogP contribution in [0.25, 0.3) is 0 Å². The molecule has 3 nitrogen and oxygen atoms in total. The molecular weight excluding hydrogens is 180 g/mol. The number of rotatable bonds is 5. The molecular formula is C11H14O3. The number of carbonyl (C=O) groups is 1. The molecule has 3 heteroatoms. The van der Waals surface area contributed by atoms with Crippen molar-refractivity contribution in [2.45, 2.75) is 12.8 Å². The molecule has 0 spiro atoms. The normalized spacial score (nSPS) is 12.4. The highest BCUT2D eigenvalue weighted by molar-refractivity contribution is 5.67. The van der Waals surface area contributed by atoms with Gasteiger partial charge in [0.25, 0.3) is 0 Å². The summed E-state index contributed by atoms with van der Waals surface area (Å²) in [5, 5.41) is 8.37. The van der Waals surface area contributed by atoms with Gasteiger partial charge in [-0.1, -0.05) is 37.3 Å². The van der Waals surface area contributed by atoms with Crippen LogP contribution in [0, 0.1) is 0 Å². The van der Waals surface area contributed by atoms with E-state index in [4.69, 9.17) is 9.84 Å². The van der Waals surface area contributed by atoms with E-state index in [1.54, 1.807) is 0 Å². The largest absolute Gasteiger partial charge is 0.480 e. The molecule has 0 aliphatic carbocycles. The van der Waals surface area contributed by atoms with Crippen molar-refractivity contribution >= 4 is 5.97 Å². The molecule has 0 heterocycles. The summed E-state index contributed by atoms with van der Waals surface area (Å²) in [4.78, 5) is 10.2. The molecule has 0 aliphatic heterocycles. The van der Waals surface area contributed by atoms with Crippen LogP contribution in [-0.4, -0.2) is 24.3 Å². The molecule has 1 aromatic rings. The number of aliphatic carboxylic acids is 1. The van der Waals surface area contributed by atoms with E-state index >= 15 is 0 Å². The monoisotopic (exact) mass is 194 g/mol. The maximum absolute atomic E-state index is 10.2. The van der Waals surface area contributed by atoms with E-state index in [0.717, 1.165) is 5.56 Å². The first-order chi connectivity index (χ1) is 6.70. The summed E-state index contributed by atoms with van der Waals surface area (Å²) >= 11 is 0. The molecule has 0 aromatic heterocycles. The molecule has 0 aliphatic rings. The van der Waals surface area contributed by atoms with E-state index in [1.165, 1.54) is 0 Å². The smallest absolute Gasteiger partial charge is 0.329 e. The number of carboxylic acids is 1. The zero-order valence-electron chi connectivity index (χ0n) is 8.14. The van der Waals surface area contributed by atoms with Crippen molar-refractivity contribution in [3.8, 4) is 0 Å². The Bertz CT molecular complexity index is 282. The van der Waals surface area contributed by atoms with E-state index in [9.17, 15) is 4.79 Å². The lowest BCUT2D eigenvalue weighted by molar-refractivity contribution is -0.142. The van der Waals surface area contributed by atoms with Gasteiger partial charge < -0.3 is 9.84 Å². The second-order valence-corrected chi connectivity index (χ2v) is 3.22. The molecule has 0 saturated heterocycles. The van der Waals surface area contributed by atoms with Crippen LogP contribution in [0.15, 0.2) is 30.3 Å². The fourth-order valence-corrected chi connectivity index (χ4v) is 1.20.